The van der Waals surface area contributed by atoms with Crippen LogP contribution in [-0.2, 0) is 20.7 Å². The average molecular weight is 323 g/mol. The highest BCUT2D eigenvalue weighted by atomic mass is 16.5. The van der Waals surface area contributed by atoms with Gasteiger partial charge in [-0.1, -0.05) is 5.16 Å². The molecule has 0 bridgehead atoms. The van der Waals surface area contributed by atoms with Crippen molar-refractivity contribution in [3.63, 3.8) is 0 Å². The number of hydrogen-bond acceptors (Lipinski definition) is 5. The zero-order valence-corrected chi connectivity index (χ0v) is 14.2. The summed E-state index contributed by atoms with van der Waals surface area (Å²) in [6.45, 7) is 5.22. The Morgan fingerprint density at radius 3 is 2.70 bits per heavy atom. The Kier molecular flexibility index (Phi) is 5.76. The molecular weight excluding hydrogens is 298 g/mol. The van der Waals surface area contributed by atoms with E-state index >= 15 is 0 Å². The van der Waals surface area contributed by atoms with E-state index in [4.69, 9.17) is 9.26 Å². The normalized spacial score (nSPS) is 20.8. The Labute approximate surface area is 136 Å². The maximum absolute atomic E-state index is 12.5. The first-order valence-corrected chi connectivity index (χ1v) is 7.88. The number of hydrogen-bond donors (Lipinski definition) is 1. The SMILES string of the molecule is CNC(=O)[C@@H]1CN(C(=O)CCc2c(C)noc2C)C[C@H]1COC. The first-order valence-electron chi connectivity index (χ1n) is 7.88. The molecule has 1 fully saturated rings. The first kappa shape index (κ1) is 17.5. The largest absolute Gasteiger partial charge is 0.384 e. The van der Waals surface area contributed by atoms with E-state index in [0.717, 1.165) is 17.0 Å². The Bertz CT molecular complexity index is 550. The molecule has 2 atom stereocenters. The third-order valence-corrected chi connectivity index (χ3v) is 4.53. The fraction of sp³-hybridized carbons (Fsp3) is 0.688. The number of amides is 2. The minimum Gasteiger partial charge on any atom is -0.384 e. The van der Waals surface area contributed by atoms with E-state index in [-0.39, 0.29) is 23.7 Å². The Morgan fingerprint density at radius 2 is 2.13 bits per heavy atom. The van der Waals surface area contributed by atoms with Crippen molar-refractivity contribution in [1.29, 1.82) is 0 Å². The van der Waals surface area contributed by atoms with Gasteiger partial charge in [-0.15, -0.1) is 0 Å². The van der Waals surface area contributed by atoms with Crippen LogP contribution in [0.25, 0.3) is 0 Å². The lowest BCUT2D eigenvalue weighted by molar-refractivity contribution is -0.130. The fourth-order valence-corrected chi connectivity index (χ4v) is 3.19. The molecule has 0 saturated carbocycles. The topological polar surface area (TPSA) is 84.7 Å². The lowest BCUT2D eigenvalue weighted by Crippen LogP contribution is -2.34. The summed E-state index contributed by atoms with van der Waals surface area (Å²) >= 11 is 0. The summed E-state index contributed by atoms with van der Waals surface area (Å²) in [6, 6.07) is 0. The molecule has 7 nitrogen and oxygen atoms in total. The number of rotatable bonds is 6. The number of aryl methyl sites for hydroxylation is 2. The lowest BCUT2D eigenvalue weighted by atomic mass is 9.96. The maximum Gasteiger partial charge on any atom is 0.225 e. The van der Waals surface area contributed by atoms with Crippen LogP contribution in [0.2, 0.25) is 0 Å². The van der Waals surface area contributed by atoms with Crippen molar-refractivity contribution in [1.82, 2.24) is 15.4 Å². The minimum atomic E-state index is -0.206. The second kappa shape index (κ2) is 7.59. The zero-order valence-electron chi connectivity index (χ0n) is 14.2. The van der Waals surface area contributed by atoms with Crippen LogP contribution in [0.1, 0.15) is 23.4 Å². The van der Waals surface area contributed by atoms with Gasteiger partial charge >= 0.3 is 0 Å². The van der Waals surface area contributed by atoms with Crippen LogP contribution in [0.3, 0.4) is 0 Å². The molecule has 0 unspecified atom stereocenters. The number of carbonyl (C=O) groups is 2. The van der Waals surface area contributed by atoms with Gasteiger partial charge in [0.1, 0.15) is 5.76 Å². The van der Waals surface area contributed by atoms with Gasteiger partial charge in [0.2, 0.25) is 11.8 Å². The molecule has 2 heterocycles. The lowest BCUT2D eigenvalue weighted by Gasteiger charge is -2.16. The third-order valence-electron chi connectivity index (χ3n) is 4.53. The Morgan fingerprint density at radius 1 is 1.39 bits per heavy atom. The molecule has 1 aromatic heterocycles. The van der Waals surface area contributed by atoms with Crippen molar-refractivity contribution >= 4 is 11.8 Å². The van der Waals surface area contributed by atoms with E-state index in [1.54, 1.807) is 19.1 Å². The summed E-state index contributed by atoms with van der Waals surface area (Å²) < 4.78 is 10.3. The van der Waals surface area contributed by atoms with Crippen molar-refractivity contribution in [2.75, 3.05) is 33.9 Å². The van der Waals surface area contributed by atoms with Gasteiger partial charge in [0.15, 0.2) is 0 Å². The molecule has 1 saturated heterocycles. The highest BCUT2D eigenvalue weighted by Gasteiger charge is 2.38. The van der Waals surface area contributed by atoms with Crippen LogP contribution in [0, 0.1) is 25.7 Å². The predicted octanol–water partition coefficient (Wildman–Crippen LogP) is 0.691. The third kappa shape index (κ3) is 3.90. The quantitative estimate of drug-likeness (QED) is 0.832. The van der Waals surface area contributed by atoms with Gasteiger partial charge in [-0.05, 0) is 20.3 Å². The number of nitrogens with one attached hydrogen (secondary N) is 1. The summed E-state index contributed by atoms with van der Waals surface area (Å²) in [6.07, 6.45) is 0.999. The molecule has 128 valence electrons. The predicted molar refractivity (Wildman–Crippen MR) is 83.8 cm³/mol. The summed E-state index contributed by atoms with van der Waals surface area (Å²) in [4.78, 5) is 26.2. The zero-order chi connectivity index (χ0) is 17.0. The van der Waals surface area contributed by atoms with E-state index in [1.807, 2.05) is 13.8 Å². The summed E-state index contributed by atoms with van der Waals surface area (Å²) in [5.41, 5.74) is 1.83. The molecule has 0 aromatic carbocycles. The van der Waals surface area contributed by atoms with Crippen molar-refractivity contribution in [3.05, 3.63) is 17.0 Å². The number of carbonyl (C=O) groups excluding carboxylic acids is 2. The van der Waals surface area contributed by atoms with Gasteiger partial charge in [-0.3, -0.25) is 9.59 Å². The Balaban J connectivity index is 1.96. The van der Waals surface area contributed by atoms with E-state index in [2.05, 4.69) is 10.5 Å². The van der Waals surface area contributed by atoms with E-state index in [9.17, 15) is 9.59 Å². The molecule has 0 aliphatic carbocycles. The van der Waals surface area contributed by atoms with Crippen molar-refractivity contribution in [2.24, 2.45) is 11.8 Å². The van der Waals surface area contributed by atoms with Crippen LogP contribution in [-0.4, -0.2) is 55.7 Å². The van der Waals surface area contributed by atoms with Crippen LogP contribution >= 0.6 is 0 Å². The molecule has 1 aromatic rings. The molecule has 2 rings (SSSR count). The maximum atomic E-state index is 12.5. The summed E-state index contributed by atoms with van der Waals surface area (Å²) in [5.74, 6) is 0.619. The number of likely N-dealkylation sites (tertiary alicyclic amines) is 1. The highest BCUT2D eigenvalue weighted by Crippen LogP contribution is 2.25. The second-order valence-electron chi connectivity index (χ2n) is 6.04. The summed E-state index contributed by atoms with van der Waals surface area (Å²) in [5, 5.41) is 6.58. The summed E-state index contributed by atoms with van der Waals surface area (Å²) in [7, 11) is 3.23. The van der Waals surface area contributed by atoms with Crippen LogP contribution in [0.4, 0.5) is 0 Å². The van der Waals surface area contributed by atoms with Gasteiger partial charge in [-0.25, -0.2) is 0 Å². The van der Waals surface area contributed by atoms with Crippen LogP contribution in [0.5, 0.6) is 0 Å². The van der Waals surface area contributed by atoms with Gasteiger partial charge in [0, 0.05) is 45.1 Å². The average Bonchev–Trinajstić information content (AvgIpc) is 3.09. The molecule has 1 N–H and O–H groups in total. The number of nitrogens with zero attached hydrogens (tertiary/aromatic N) is 2. The minimum absolute atomic E-state index is 0.0342. The molecule has 0 radical (unpaired) electrons. The smallest absolute Gasteiger partial charge is 0.225 e. The molecule has 0 spiro atoms. The van der Waals surface area contributed by atoms with E-state index < -0.39 is 0 Å². The molecule has 1 aliphatic rings. The molecule has 1 aliphatic heterocycles. The van der Waals surface area contributed by atoms with E-state index in [0.29, 0.717) is 32.5 Å². The standard InChI is InChI=1S/C16H25N3O4/c1-10-13(11(2)23-18-10)5-6-15(20)19-7-12(9-22-4)14(8-19)16(21)17-3/h12,14H,5-9H2,1-4H3,(H,17,21)/t12-,14+/m0/s1. The Hall–Kier alpha value is -1.89. The van der Waals surface area contributed by atoms with Crippen molar-refractivity contribution in [2.45, 2.75) is 26.7 Å². The van der Waals surface area contributed by atoms with Gasteiger partial charge in [-0.2, -0.15) is 0 Å². The van der Waals surface area contributed by atoms with Crippen molar-refractivity contribution in [3.8, 4) is 0 Å². The molecule has 7 heteroatoms. The number of aromatic nitrogens is 1. The molecule has 2 amide bonds. The van der Waals surface area contributed by atoms with E-state index in [1.165, 1.54) is 0 Å². The monoisotopic (exact) mass is 323 g/mol. The van der Waals surface area contributed by atoms with Gasteiger partial charge in [0.25, 0.3) is 0 Å². The number of methoxy groups -OCH3 is 1. The van der Waals surface area contributed by atoms with Crippen LogP contribution in [0.15, 0.2) is 4.52 Å². The van der Waals surface area contributed by atoms with Gasteiger partial charge < -0.3 is 19.5 Å². The molecular formula is C16H25N3O4. The van der Waals surface area contributed by atoms with Crippen molar-refractivity contribution < 1.29 is 18.8 Å². The second-order valence-corrected chi connectivity index (χ2v) is 6.04. The first-order chi connectivity index (χ1) is 11.0. The van der Waals surface area contributed by atoms with Crippen LogP contribution < -0.4 is 5.32 Å². The highest BCUT2D eigenvalue weighted by molar-refractivity contribution is 5.82. The number of ether oxygens (including phenoxy) is 1. The van der Waals surface area contributed by atoms with Gasteiger partial charge in [0.05, 0.1) is 18.2 Å². The fourth-order valence-electron chi connectivity index (χ4n) is 3.19. The molecule has 23 heavy (non-hydrogen) atoms.